The molecule has 6 nitrogen and oxygen atoms in total. The number of aryl methyl sites for hydroxylation is 1. The lowest BCUT2D eigenvalue weighted by Crippen LogP contribution is -2.31. The van der Waals surface area contributed by atoms with Gasteiger partial charge in [-0.1, -0.05) is 18.2 Å². The third-order valence-corrected chi connectivity index (χ3v) is 3.57. The number of rotatable bonds is 6. The van der Waals surface area contributed by atoms with Gasteiger partial charge in [0.2, 0.25) is 0 Å². The van der Waals surface area contributed by atoms with Crippen LogP contribution in [0.25, 0.3) is 10.8 Å². The van der Waals surface area contributed by atoms with Crippen LogP contribution in [-0.2, 0) is 17.9 Å². The molecule has 0 radical (unpaired) electrons. The molecule has 0 spiro atoms. The Bertz CT molecular complexity index is 839. The lowest BCUT2D eigenvalue weighted by molar-refractivity contribution is 0.0125. The van der Waals surface area contributed by atoms with Gasteiger partial charge in [-0.05, 0) is 25.1 Å². The highest BCUT2D eigenvalue weighted by molar-refractivity contribution is 5.83. The maximum absolute atomic E-state index is 12.4. The molecule has 23 heavy (non-hydrogen) atoms. The molecule has 3 rings (SSSR count). The van der Waals surface area contributed by atoms with E-state index >= 15 is 0 Å². The van der Waals surface area contributed by atoms with E-state index < -0.39 is 6.10 Å². The molecule has 2 aromatic heterocycles. The number of aliphatic hydroxyl groups excluding tert-OH is 1. The molecular weight excluding hydrogens is 296 g/mol. The van der Waals surface area contributed by atoms with Crippen molar-refractivity contribution < 1.29 is 14.3 Å². The van der Waals surface area contributed by atoms with Gasteiger partial charge in [-0.2, -0.15) is 5.10 Å². The van der Waals surface area contributed by atoms with Crippen molar-refractivity contribution in [2.45, 2.75) is 26.2 Å². The van der Waals surface area contributed by atoms with Crippen LogP contribution in [0.4, 0.5) is 0 Å². The Morgan fingerprint density at radius 3 is 2.78 bits per heavy atom. The Balaban J connectivity index is 1.68. The number of ether oxygens (including phenoxy) is 1. The van der Waals surface area contributed by atoms with Crippen molar-refractivity contribution in [1.82, 2.24) is 9.78 Å². The Morgan fingerprint density at radius 2 is 2.04 bits per heavy atom. The van der Waals surface area contributed by atoms with Crippen LogP contribution >= 0.6 is 0 Å². The van der Waals surface area contributed by atoms with Gasteiger partial charge in [0.1, 0.15) is 12.4 Å². The maximum atomic E-state index is 12.4. The molecule has 120 valence electrons. The Morgan fingerprint density at radius 1 is 1.26 bits per heavy atom. The fourth-order valence-electron chi connectivity index (χ4n) is 2.47. The van der Waals surface area contributed by atoms with Crippen LogP contribution in [0.2, 0.25) is 0 Å². The van der Waals surface area contributed by atoms with E-state index in [1.54, 1.807) is 24.5 Å². The molecule has 1 atom stereocenters. The number of hydrogen-bond donors (Lipinski definition) is 1. The molecule has 1 N–H and O–H groups in total. The highest BCUT2D eigenvalue weighted by Crippen LogP contribution is 2.12. The van der Waals surface area contributed by atoms with Gasteiger partial charge < -0.3 is 14.3 Å². The molecule has 3 aromatic rings. The number of fused-ring (bicyclic) bond motifs is 1. The Kier molecular flexibility index (Phi) is 4.55. The van der Waals surface area contributed by atoms with Gasteiger partial charge in [0.15, 0.2) is 0 Å². The first-order valence-corrected chi connectivity index (χ1v) is 7.40. The van der Waals surface area contributed by atoms with Crippen molar-refractivity contribution >= 4 is 10.8 Å². The first kappa shape index (κ1) is 15.5. The summed E-state index contributed by atoms with van der Waals surface area (Å²) in [6.45, 7) is 2.31. The predicted molar refractivity (Wildman–Crippen MR) is 85.1 cm³/mol. The number of furan rings is 1. The van der Waals surface area contributed by atoms with Crippen LogP contribution in [-0.4, -0.2) is 27.6 Å². The molecule has 1 aromatic carbocycles. The SMILES string of the molecule is Cc1nn(CC(O)COCc2ccco2)c(=O)c2ccccc12. The van der Waals surface area contributed by atoms with Gasteiger partial charge in [-0.25, -0.2) is 4.68 Å². The van der Waals surface area contributed by atoms with Crippen molar-refractivity contribution in [2.24, 2.45) is 0 Å². The van der Waals surface area contributed by atoms with Crippen LogP contribution in [0.1, 0.15) is 11.5 Å². The highest BCUT2D eigenvalue weighted by atomic mass is 16.5. The first-order chi connectivity index (χ1) is 11.1. The molecule has 0 aliphatic carbocycles. The van der Waals surface area contributed by atoms with E-state index in [9.17, 15) is 9.90 Å². The monoisotopic (exact) mass is 314 g/mol. The lowest BCUT2D eigenvalue weighted by atomic mass is 10.1. The average Bonchev–Trinajstić information content (AvgIpc) is 3.06. The van der Waals surface area contributed by atoms with Crippen LogP contribution in [0.5, 0.6) is 0 Å². The summed E-state index contributed by atoms with van der Waals surface area (Å²) in [4.78, 5) is 12.4. The minimum absolute atomic E-state index is 0.0860. The third-order valence-electron chi connectivity index (χ3n) is 3.57. The van der Waals surface area contributed by atoms with Gasteiger partial charge in [0.05, 0.1) is 36.6 Å². The normalized spacial score (nSPS) is 12.6. The van der Waals surface area contributed by atoms with E-state index in [-0.39, 0.29) is 25.3 Å². The number of aliphatic hydroxyl groups is 1. The second kappa shape index (κ2) is 6.76. The first-order valence-electron chi connectivity index (χ1n) is 7.40. The van der Waals surface area contributed by atoms with Crippen LogP contribution in [0.3, 0.4) is 0 Å². The van der Waals surface area contributed by atoms with E-state index in [1.807, 2.05) is 25.1 Å². The molecule has 1 unspecified atom stereocenters. The standard InChI is InChI=1S/C17H18N2O4/c1-12-15-6-2-3-7-16(15)17(21)19(18-12)9-13(20)10-22-11-14-5-4-8-23-14/h2-8,13,20H,9-11H2,1H3. The van der Waals surface area contributed by atoms with Gasteiger partial charge in [0.25, 0.3) is 5.56 Å². The summed E-state index contributed by atoms with van der Waals surface area (Å²) >= 11 is 0. The maximum Gasteiger partial charge on any atom is 0.274 e. The molecule has 2 heterocycles. The largest absolute Gasteiger partial charge is 0.467 e. The van der Waals surface area contributed by atoms with Crippen molar-refractivity contribution in [1.29, 1.82) is 0 Å². The van der Waals surface area contributed by atoms with E-state index in [2.05, 4.69) is 5.10 Å². The summed E-state index contributed by atoms with van der Waals surface area (Å²) < 4.78 is 11.8. The fraction of sp³-hybridized carbons (Fsp3) is 0.294. The van der Waals surface area contributed by atoms with Crippen LogP contribution in [0.15, 0.2) is 51.9 Å². The second-order valence-electron chi connectivity index (χ2n) is 5.37. The summed E-state index contributed by atoms with van der Waals surface area (Å²) in [6.07, 6.45) is 0.743. The smallest absolute Gasteiger partial charge is 0.274 e. The molecule has 0 saturated heterocycles. The molecule has 0 bridgehead atoms. The minimum atomic E-state index is -0.823. The second-order valence-corrected chi connectivity index (χ2v) is 5.37. The van der Waals surface area contributed by atoms with Gasteiger partial charge >= 0.3 is 0 Å². The van der Waals surface area contributed by atoms with E-state index in [1.165, 1.54) is 4.68 Å². The molecule has 0 amide bonds. The van der Waals surface area contributed by atoms with Crippen molar-refractivity contribution in [3.05, 3.63) is 64.5 Å². The molecular formula is C17H18N2O4. The number of benzene rings is 1. The Labute approximate surface area is 132 Å². The minimum Gasteiger partial charge on any atom is -0.467 e. The van der Waals surface area contributed by atoms with Gasteiger partial charge in [-0.3, -0.25) is 4.79 Å². The molecule has 0 fully saturated rings. The zero-order chi connectivity index (χ0) is 16.2. The zero-order valence-corrected chi connectivity index (χ0v) is 12.8. The fourth-order valence-corrected chi connectivity index (χ4v) is 2.47. The summed E-state index contributed by atoms with van der Waals surface area (Å²) in [5, 5.41) is 15.8. The molecule has 0 aliphatic heterocycles. The van der Waals surface area contributed by atoms with Crippen molar-refractivity contribution in [2.75, 3.05) is 6.61 Å². The summed E-state index contributed by atoms with van der Waals surface area (Å²) in [6, 6.07) is 10.9. The molecule has 0 saturated carbocycles. The van der Waals surface area contributed by atoms with Crippen molar-refractivity contribution in [3.63, 3.8) is 0 Å². The van der Waals surface area contributed by atoms with Crippen molar-refractivity contribution in [3.8, 4) is 0 Å². The summed E-state index contributed by atoms with van der Waals surface area (Å²) in [7, 11) is 0. The van der Waals surface area contributed by atoms with Gasteiger partial charge in [0, 0.05) is 5.39 Å². The quantitative estimate of drug-likeness (QED) is 0.751. The van der Waals surface area contributed by atoms with Crippen LogP contribution in [0, 0.1) is 6.92 Å². The number of aromatic nitrogens is 2. The predicted octanol–water partition coefficient (Wildman–Crippen LogP) is 1.88. The molecule has 6 heteroatoms. The summed E-state index contributed by atoms with van der Waals surface area (Å²) in [5.74, 6) is 0.689. The van der Waals surface area contributed by atoms with E-state index in [4.69, 9.17) is 9.15 Å². The lowest BCUT2D eigenvalue weighted by Gasteiger charge is -2.13. The van der Waals surface area contributed by atoms with Crippen LogP contribution < -0.4 is 5.56 Å². The third kappa shape index (κ3) is 3.49. The topological polar surface area (TPSA) is 77.5 Å². The average molecular weight is 314 g/mol. The molecule has 0 aliphatic rings. The Hall–Kier alpha value is -2.44. The highest BCUT2D eigenvalue weighted by Gasteiger charge is 2.12. The number of hydrogen-bond acceptors (Lipinski definition) is 5. The number of nitrogens with zero attached hydrogens (tertiary/aromatic N) is 2. The summed E-state index contributed by atoms with van der Waals surface area (Å²) in [5.41, 5.74) is 0.542. The van der Waals surface area contributed by atoms with E-state index in [0.717, 1.165) is 11.1 Å². The van der Waals surface area contributed by atoms with E-state index in [0.29, 0.717) is 11.1 Å². The van der Waals surface area contributed by atoms with Gasteiger partial charge in [-0.15, -0.1) is 0 Å². The zero-order valence-electron chi connectivity index (χ0n) is 12.8.